The number of rotatable bonds is 3. The van der Waals surface area contributed by atoms with E-state index in [4.69, 9.17) is 10.8 Å². The van der Waals surface area contributed by atoms with Crippen LogP contribution in [0.4, 0.5) is 0 Å². The third kappa shape index (κ3) is 3.21. The van der Waals surface area contributed by atoms with E-state index in [2.05, 4.69) is 5.32 Å². The highest BCUT2D eigenvalue weighted by Crippen LogP contribution is 1.58. The van der Waals surface area contributed by atoms with Gasteiger partial charge in [0.15, 0.2) is 0 Å². The van der Waals surface area contributed by atoms with Crippen LogP contribution in [-0.4, -0.2) is 24.3 Å². The standard InChI is InChI=1S/C3H8N2O2/c4-3(1-6)5-2-7/h2-3,6H,1,4H2,(H,5,7). The van der Waals surface area contributed by atoms with Crippen LogP contribution in [0.5, 0.6) is 0 Å². The summed E-state index contributed by atoms with van der Waals surface area (Å²) in [6, 6.07) is 0. The van der Waals surface area contributed by atoms with Gasteiger partial charge in [0.2, 0.25) is 6.41 Å². The average Bonchev–Trinajstić information content (AvgIpc) is 1.68. The maximum absolute atomic E-state index is 9.47. The normalized spacial score (nSPS) is 12.9. The number of hydrogen-bond donors (Lipinski definition) is 3. The van der Waals surface area contributed by atoms with Crippen molar-refractivity contribution < 1.29 is 9.90 Å². The van der Waals surface area contributed by atoms with E-state index in [9.17, 15) is 4.79 Å². The fraction of sp³-hybridized carbons (Fsp3) is 0.667. The van der Waals surface area contributed by atoms with Gasteiger partial charge in [-0.2, -0.15) is 0 Å². The van der Waals surface area contributed by atoms with Crippen molar-refractivity contribution in [3.8, 4) is 0 Å². The molecule has 4 heteroatoms. The topological polar surface area (TPSA) is 75.3 Å². The van der Waals surface area contributed by atoms with Crippen LogP contribution in [0.25, 0.3) is 0 Å². The van der Waals surface area contributed by atoms with Crippen LogP contribution in [0.1, 0.15) is 0 Å². The van der Waals surface area contributed by atoms with Crippen molar-refractivity contribution in [3.05, 3.63) is 0 Å². The lowest BCUT2D eigenvalue weighted by atomic mass is 10.6. The Bertz CT molecular complexity index is 56.9. The van der Waals surface area contributed by atoms with Crippen molar-refractivity contribution in [3.63, 3.8) is 0 Å². The number of nitrogens with one attached hydrogen (secondary N) is 1. The van der Waals surface area contributed by atoms with Crippen LogP contribution >= 0.6 is 0 Å². The molecule has 0 aliphatic heterocycles. The molecule has 1 amide bonds. The summed E-state index contributed by atoms with van der Waals surface area (Å²) in [6.07, 6.45) is -0.168. The Morgan fingerprint density at radius 1 is 2.00 bits per heavy atom. The van der Waals surface area contributed by atoms with Crippen molar-refractivity contribution in [2.45, 2.75) is 6.17 Å². The summed E-state index contributed by atoms with van der Waals surface area (Å²) in [4.78, 5) is 9.47. The van der Waals surface area contributed by atoms with Crippen molar-refractivity contribution in [2.75, 3.05) is 6.61 Å². The Kier molecular flexibility index (Phi) is 3.26. The van der Waals surface area contributed by atoms with Gasteiger partial charge < -0.3 is 16.2 Å². The Morgan fingerprint density at radius 2 is 2.57 bits per heavy atom. The van der Waals surface area contributed by atoms with Crippen LogP contribution in [0.3, 0.4) is 0 Å². The molecule has 0 heterocycles. The van der Waals surface area contributed by atoms with Gasteiger partial charge in [-0.15, -0.1) is 0 Å². The van der Waals surface area contributed by atoms with E-state index < -0.39 is 6.17 Å². The molecule has 4 nitrogen and oxygen atoms in total. The molecule has 0 saturated heterocycles. The van der Waals surface area contributed by atoms with E-state index in [-0.39, 0.29) is 6.61 Å². The molecule has 0 radical (unpaired) electrons. The highest BCUT2D eigenvalue weighted by molar-refractivity contribution is 5.46. The van der Waals surface area contributed by atoms with Crippen LogP contribution < -0.4 is 11.1 Å². The second-order valence-electron chi connectivity index (χ2n) is 1.07. The van der Waals surface area contributed by atoms with Gasteiger partial charge in [0.1, 0.15) is 6.17 Å². The lowest BCUT2D eigenvalue weighted by molar-refractivity contribution is -0.110. The Morgan fingerprint density at radius 3 is 2.71 bits per heavy atom. The number of nitrogens with two attached hydrogens (primary N) is 1. The average molecular weight is 104 g/mol. The molecule has 42 valence electrons. The molecule has 0 bridgehead atoms. The van der Waals surface area contributed by atoms with Crippen molar-refractivity contribution in [2.24, 2.45) is 5.73 Å². The highest BCUT2D eigenvalue weighted by atomic mass is 16.3. The zero-order chi connectivity index (χ0) is 5.70. The Balaban J connectivity index is 2.98. The van der Waals surface area contributed by atoms with E-state index in [1.807, 2.05) is 0 Å². The number of aliphatic hydroxyl groups is 1. The maximum Gasteiger partial charge on any atom is 0.208 e. The summed E-state index contributed by atoms with van der Waals surface area (Å²) in [7, 11) is 0. The predicted octanol–water partition coefficient (Wildman–Crippen LogP) is -1.99. The molecule has 0 aliphatic carbocycles. The maximum atomic E-state index is 9.47. The molecule has 4 N–H and O–H groups in total. The number of aliphatic hydroxyl groups excluding tert-OH is 1. The molecule has 0 spiro atoms. The molecule has 0 rings (SSSR count). The molecule has 0 aromatic carbocycles. The van der Waals surface area contributed by atoms with Crippen molar-refractivity contribution in [1.82, 2.24) is 5.32 Å². The largest absolute Gasteiger partial charge is 0.393 e. The summed E-state index contributed by atoms with van der Waals surface area (Å²) in [5.74, 6) is 0. The van der Waals surface area contributed by atoms with E-state index >= 15 is 0 Å². The van der Waals surface area contributed by atoms with Gasteiger partial charge in [-0.05, 0) is 0 Å². The van der Waals surface area contributed by atoms with Gasteiger partial charge in [-0.1, -0.05) is 0 Å². The summed E-state index contributed by atoms with van der Waals surface area (Å²) in [5.41, 5.74) is 4.99. The zero-order valence-corrected chi connectivity index (χ0v) is 3.79. The van der Waals surface area contributed by atoms with Crippen molar-refractivity contribution >= 4 is 6.41 Å². The van der Waals surface area contributed by atoms with E-state index in [0.29, 0.717) is 6.41 Å². The van der Waals surface area contributed by atoms with Crippen molar-refractivity contribution in [1.29, 1.82) is 0 Å². The Hall–Kier alpha value is -0.610. The summed E-state index contributed by atoms with van der Waals surface area (Å²) < 4.78 is 0. The van der Waals surface area contributed by atoms with Crippen LogP contribution in [0, 0.1) is 0 Å². The van der Waals surface area contributed by atoms with Crippen LogP contribution in [-0.2, 0) is 4.79 Å². The quantitative estimate of drug-likeness (QED) is 0.286. The first-order valence-corrected chi connectivity index (χ1v) is 1.87. The van der Waals surface area contributed by atoms with Crippen LogP contribution in [0.2, 0.25) is 0 Å². The molecule has 0 fully saturated rings. The highest BCUT2D eigenvalue weighted by Gasteiger charge is 1.91. The fourth-order valence-electron chi connectivity index (χ4n) is 0.140. The molecule has 0 aromatic heterocycles. The minimum Gasteiger partial charge on any atom is -0.393 e. The van der Waals surface area contributed by atoms with Gasteiger partial charge in [0.25, 0.3) is 0 Å². The zero-order valence-electron chi connectivity index (χ0n) is 3.79. The monoisotopic (exact) mass is 104 g/mol. The third-order valence-electron chi connectivity index (χ3n) is 0.479. The molecule has 1 atom stereocenters. The summed E-state index contributed by atoms with van der Waals surface area (Å²) in [6.45, 7) is -0.223. The SMILES string of the molecule is NC(CO)NC=O. The van der Waals surface area contributed by atoms with Gasteiger partial charge in [-0.25, -0.2) is 0 Å². The number of hydrogen-bond acceptors (Lipinski definition) is 3. The van der Waals surface area contributed by atoms with Gasteiger partial charge in [-0.3, -0.25) is 4.79 Å². The minimum absolute atomic E-state index is 0.223. The first kappa shape index (κ1) is 6.39. The second-order valence-corrected chi connectivity index (χ2v) is 1.07. The van der Waals surface area contributed by atoms with E-state index in [1.165, 1.54) is 0 Å². The van der Waals surface area contributed by atoms with Crippen LogP contribution in [0.15, 0.2) is 0 Å². The summed E-state index contributed by atoms with van der Waals surface area (Å²) in [5, 5.41) is 10.3. The van der Waals surface area contributed by atoms with E-state index in [1.54, 1.807) is 0 Å². The van der Waals surface area contributed by atoms with Gasteiger partial charge >= 0.3 is 0 Å². The molecule has 1 unspecified atom stereocenters. The lowest BCUT2D eigenvalue weighted by Gasteiger charge is -2.02. The number of amides is 1. The Labute approximate surface area is 41.3 Å². The molecule has 7 heavy (non-hydrogen) atoms. The second kappa shape index (κ2) is 3.58. The van der Waals surface area contributed by atoms with Gasteiger partial charge in [0, 0.05) is 0 Å². The van der Waals surface area contributed by atoms with E-state index in [0.717, 1.165) is 0 Å². The molecule has 0 aliphatic rings. The van der Waals surface area contributed by atoms with Gasteiger partial charge in [0.05, 0.1) is 6.61 Å². The molecular weight excluding hydrogens is 96.0 g/mol. The number of carbonyl (C=O) groups excluding carboxylic acids is 1. The predicted molar refractivity (Wildman–Crippen MR) is 24.3 cm³/mol. The summed E-state index contributed by atoms with van der Waals surface area (Å²) >= 11 is 0. The molecule has 0 aromatic rings. The fourth-order valence-corrected chi connectivity index (χ4v) is 0.140. The first-order chi connectivity index (χ1) is 3.31. The lowest BCUT2D eigenvalue weighted by Crippen LogP contribution is -2.39. The smallest absolute Gasteiger partial charge is 0.208 e. The number of carbonyl (C=O) groups is 1. The first-order valence-electron chi connectivity index (χ1n) is 1.87. The molecular formula is C3H8N2O2. The third-order valence-corrected chi connectivity index (χ3v) is 0.479. The molecule has 0 saturated carbocycles. The minimum atomic E-state index is -0.613.